The largest absolute Gasteiger partial charge is 0.453 e. The highest BCUT2D eigenvalue weighted by Crippen LogP contribution is 2.33. The third-order valence-corrected chi connectivity index (χ3v) is 3.15. The second-order valence-electron chi connectivity index (χ2n) is 3.24. The molecule has 1 aromatic heterocycles. The smallest absolute Gasteiger partial charge is 0.185 e. The first-order chi connectivity index (χ1) is 8.15. The zero-order valence-corrected chi connectivity index (χ0v) is 10.7. The zero-order valence-electron chi connectivity index (χ0n) is 8.41. The van der Waals surface area contributed by atoms with Crippen molar-refractivity contribution in [2.24, 2.45) is 0 Å². The summed E-state index contributed by atoms with van der Waals surface area (Å²) in [6.07, 6.45) is 0.613. The summed E-state index contributed by atoms with van der Waals surface area (Å²) in [6.45, 7) is 0. The fraction of sp³-hybridized carbons (Fsp3) is 0. The summed E-state index contributed by atoms with van der Waals surface area (Å²) in [5, 5.41) is 9.37. The lowest BCUT2D eigenvalue weighted by molar-refractivity contribution is 0.110. The molecule has 0 aliphatic carbocycles. The first-order valence-corrected chi connectivity index (χ1v) is 5.77. The minimum Gasteiger partial charge on any atom is -0.453 e. The number of nitrogens with zero attached hydrogens (tertiary/aromatic N) is 1. The monoisotopic (exact) mass is 309 g/mol. The summed E-state index contributed by atoms with van der Waals surface area (Å²) >= 11 is 9.30. The van der Waals surface area contributed by atoms with Gasteiger partial charge in [-0.05, 0) is 40.2 Å². The van der Waals surface area contributed by atoms with E-state index in [4.69, 9.17) is 21.3 Å². The summed E-state index contributed by atoms with van der Waals surface area (Å²) in [7, 11) is 0. The molecule has 84 valence electrons. The van der Waals surface area contributed by atoms with E-state index in [0.29, 0.717) is 32.7 Å². The maximum absolute atomic E-state index is 10.5. The molecule has 0 radical (unpaired) electrons. The maximum Gasteiger partial charge on any atom is 0.185 e. The van der Waals surface area contributed by atoms with Crippen molar-refractivity contribution in [2.45, 2.75) is 0 Å². The number of rotatable bonds is 2. The van der Waals surface area contributed by atoms with Gasteiger partial charge in [0.05, 0.1) is 10.6 Å². The highest BCUT2D eigenvalue weighted by Gasteiger charge is 2.12. The van der Waals surface area contributed by atoms with Crippen LogP contribution in [0.4, 0.5) is 0 Å². The summed E-state index contributed by atoms with van der Waals surface area (Å²) in [4.78, 5) is 10.5. The second kappa shape index (κ2) is 4.74. The van der Waals surface area contributed by atoms with Crippen molar-refractivity contribution in [3.05, 3.63) is 45.1 Å². The molecule has 0 saturated carbocycles. The lowest BCUT2D eigenvalue weighted by atomic mass is 10.1. The van der Waals surface area contributed by atoms with E-state index in [0.717, 1.165) is 0 Å². The van der Waals surface area contributed by atoms with Crippen LogP contribution in [0.1, 0.15) is 16.1 Å². The van der Waals surface area contributed by atoms with Gasteiger partial charge in [0.1, 0.15) is 11.8 Å². The van der Waals surface area contributed by atoms with E-state index in [1.807, 2.05) is 6.07 Å². The van der Waals surface area contributed by atoms with Gasteiger partial charge in [0.25, 0.3) is 0 Å². The van der Waals surface area contributed by atoms with Crippen molar-refractivity contribution in [3.63, 3.8) is 0 Å². The van der Waals surface area contributed by atoms with Crippen LogP contribution in [-0.4, -0.2) is 6.29 Å². The quantitative estimate of drug-likeness (QED) is 0.786. The molecule has 0 atom stereocenters. The molecule has 2 aromatic rings. The molecule has 0 saturated heterocycles. The van der Waals surface area contributed by atoms with E-state index >= 15 is 0 Å². The van der Waals surface area contributed by atoms with E-state index in [1.54, 1.807) is 24.3 Å². The molecule has 17 heavy (non-hydrogen) atoms. The fourth-order valence-corrected chi connectivity index (χ4v) is 2.21. The Kier molecular flexibility index (Phi) is 3.32. The Hall–Kier alpha value is -1.57. The Bertz CT molecular complexity index is 628. The van der Waals surface area contributed by atoms with Crippen LogP contribution in [0, 0.1) is 11.3 Å². The molecule has 1 aromatic carbocycles. The van der Waals surface area contributed by atoms with Crippen LogP contribution < -0.4 is 0 Å². The van der Waals surface area contributed by atoms with Gasteiger partial charge in [0.15, 0.2) is 12.0 Å². The Morgan fingerprint density at radius 1 is 1.41 bits per heavy atom. The van der Waals surface area contributed by atoms with Gasteiger partial charge in [-0.1, -0.05) is 11.6 Å². The minimum absolute atomic E-state index is 0.220. The van der Waals surface area contributed by atoms with Gasteiger partial charge in [0, 0.05) is 10.0 Å². The highest BCUT2D eigenvalue weighted by molar-refractivity contribution is 9.10. The molecule has 2 rings (SSSR count). The molecule has 0 fully saturated rings. The summed E-state index contributed by atoms with van der Waals surface area (Å²) < 4.78 is 5.88. The van der Waals surface area contributed by atoms with Crippen LogP contribution in [0.3, 0.4) is 0 Å². The van der Waals surface area contributed by atoms with Crippen molar-refractivity contribution in [1.29, 1.82) is 5.26 Å². The van der Waals surface area contributed by atoms with E-state index in [-0.39, 0.29) is 5.76 Å². The zero-order chi connectivity index (χ0) is 12.4. The van der Waals surface area contributed by atoms with Gasteiger partial charge in [-0.3, -0.25) is 4.79 Å². The molecular weight excluding hydrogens is 305 g/mol. The number of halogens is 2. The van der Waals surface area contributed by atoms with Crippen molar-refractivity contribution in [1.82, 2.24) is 0 Å². The summed E-state index contributed by atoms with van der Waals surface area (Å²) in [5.74, 6) is 0.679. The van der Waals surface area contributed by atoms with Crippen molar-refractivity contribution in [2.75, 3.05) is 0 Å². The van der Waals surface area contributed by atoms with E-state index in [2.05, 4.69) is 15.9 Å². The molecule has 1 heterocycles. The number of aldehydes is 1. The Balaban J connectivity index is 2.59. The molecular formula is C12H5BrClNO2. The topological polar surface area (TPSA) is 54.0 Å². The molecule has 5 heteroatoms. The lowest BCUT2D eigenvalue weighted by Gasteiger charge is -2.03. The lowest BCUT2D eigenvalue weighted by Crippen LogP contribution is -1.83. The van der Waals surface area contributed by atoms with Gasteiger partial charge < -0.3 is 4.42 Å². The molecule has 0 N–H and O–H groups in total. The third-order valence-electron chi connectivity index (χ3n) is 2.19. The first kappa shape index (κ1) is 11.9. The number of benzene rings is 1. The van der Waals surface area contributed by atoms with Crippen LogP contribution in [0.5, 0.6) is 0 Å². The fourth-order valence-electron chi connectivity index (χ4n) is 1.38. The van der Waals surface area contributed by atoms with E-state index < -0.39 is 0 Å². The predicted octanol–water partition coefficient (Wildman–Crippen LogP) is 4.05. The van der Waals surface area contributed by atoms with Gasteiger partial charge in [-0.2, -0.15) is 5.26 Å². The molecule has 0 bridgehead atoms. The number of hydrogen-bond donors (Lipinski definition) is 0. The number of hydrogen-bond acceptors (Lipinski definition) is 3. The molecule has 0 amide bonds. The van der Waals surface area contributed by atoms with Gasteiger partial charge in [-0.25, -0.2) is 0 Å². The summed E-state index contributed by atoms with van der Waals surface area (Å²) in [5.41, 5.74) is 1.04. The van der Waals surface area contributed by atoms with E-state index in [9.17, 15) is 4.79 Å². The normalized spacial score (nSPS) is 9.94. The van der Waals surface area contributed by atoms with Crippen molar-refractivity contribution < 1.29 is 9.21 Å². The number of nitriles is 1. The molecule has 3 nitrogen and oxygen atoms in total. The average Bonchev–Trinajstić information content (AvgIpc) is 2.78. The van der Waals surface area contributed by atoms with Crippen LogP contribution in [-0.2, 0) is 0 Å². The average molecular weight is 311 g/mol. The van der Waals surface area contributed by atoms with Crippen LogP contribution >= 0.6 is 27.5 Å². The predicted molar refractivity (Wildman–Crippen MR) is 67.0 cm³/mol. The van der Waals surface area contributed by atoms with E-state index in [1.165, 1.54) is 0 Å². The SMILES string of the molecule is N#Cc1cc(-c2ccc(C=O)o2)c(Cl)cc1Br. The summed E-state index contributed by atoms with van der Waals surface area (Å²) in [6, 6.07) is 8.46. The van der Waals surface area contributed by atoms with Gasteiger partial charge in [0.2, 0.25) is 0 Å². The Morgan fingerprint density at radius 3 is 2.76 bits per heavy atom. The molecule has 0 spiro atoms. The van der Waals surface area contributed by atoms with Gasteiger partial charge in [-0.15, -0.1) is 0 Å². The molecule has 0 aliphatic heterocycles. The highest BCUT2D eigenvalue weighted by atomic mass is 79.9. The van der Waals surface area contributed by atoms with Crippen molar-refractivity contribution >= 4 is 33.8 Å². The Labute approximate surface area is 111 Å². The van der Waals surface area contributed by atoms with Crippen LogP contribution in [0.15, 0.2) is 33.2 Å². The third kappa shape index (κ3) is 2.26. The van der Waals surface area contributed by atoms with Crippen LogP contribution in [0.2, 0.25) is 5.02 Å². The van der Waals surface area contributed by atoms with Gasteiger partial charge >= 0.3 is 0 Å². The number of furan rings is 1. The first-order valence-electron chi connectivity index (χ1n) is 4.60. The standard InChI is InChI=1S/C12H5BrClNO2/c13-10-4-11(14)9(3-7(10)5-15)12-2-1-8(6-16)17-12/h1-4,6H. The molecule has 0 unspecified atom stereocenters. The van der Waals surface area contributed by atoms with Crippen LogP contribution in [0.25, 0.3) is 11.3 Å². The Morgan fingerprint density at radius 2 is 2.18 bits per heavy atom. The molecule has 0 aliphatic rings. The second-order valence-corrected chi connectivity index (χ2v) is 4.51. The maximum atomic E-state index is 10.5. The number of carbonyl (C=O) groups excluding carboxylic acids is 1. The van der Waals surface area contributed by atoms with Crippen molar-refractivity contribution in [3.8, 4) is 17.4 Å². The minimum atomic E-state index is 0.220. The number of carbonyl (C=O) groups is 1.